The molecule has 0 aliphatic heterocycles. The average Bonchev–Trinajstić information content (AvgIpc) is 2.08. The van der Waals surface area contributed by atoms with Crippen LogP contribution in [0.5, 0.6) is 0 Å². The van der Waals surface area contributed by atoms with Crippen LogP contribution in [-0.2, 0) is 0 Å². The Labute approximate surface area is 92.2 Å². The average molecular weight is 309 g/mol. The van der Waals surface area contributed by atoms with Gasteiger partial charge in [0.25, 0.3) is 0 Å². The highest BCUT2D eigenvalue weighted by atomic mass is 79.9. The molecular weight excluding hydrogens is 302 g/mol. The van der Waals surface area contributed by atoms with Gasteiger partial charge < -0.3 is 5.73 Å². The number of nitrogen functional groups attached to an aromatic ring is 1. The summed E-state index contributed by atoms with van der Waals surface area (Å²) < 4.78 is 0.498. The maximum Gasteiger partial charge on any atom is 0.198 e. The zero-order valence-electron chi connectivity index (χ0n) is 6.79. The van der Waals surface area contributed by atoms with Gasteiger partial charge in [-0.05, 0) is 22.9 Å². The first-order valence-electron chi connectivity index (χ1n) is 3.48. The number of aromatic nitrogens is 2. The zero-order chi connectivity index (χ0) is 10.0. The predicted octanol–water partition coefficient (Wildman–Crippen LogP) is 1.79. The lowest BCUT2D eigenvalue weighted by Gasteiger charge is -2.04. The lowest BCUT2D eigenvalue weighted by molar-refractivity contribution is 0.0991. The topological polar surface area (TPSA) is 68.9 Å². The summed E-state index contributed by atoms with van der Waals surface area (Å²) in [5, 5.41) is 0. The van der Waals surface area contributed by atoms with Gasteiger partial charge in [-0.25, -0.2) is 9.97 Å². The second kappa shape index (κ2) is 4.15. The minimum Gasteiger partial charge on any atom is -0.382 e. The van der Waals surface area contributed by atoms with Crippen LogP contribution in [0.1, 0.15) is 17.4 Å². The minimum absolute atomic E-state index is 0.152. The van der Waals surface area contributed by atoms with Crippen molar-refractivity contribution < 1.29 is 4.79 Å². The molecule has 70 valence electrons. The molecule has 0 amide bonds. The van der Waals surface area contributed by atoms with E-state index in [4.69, 9.17) is 5.73 Å². The van der Waals surface area contributed by atoms with Gasteiger partial charge in [-0.3, -0.25) is 4.79 Å². The molecule has 0 saturated heterocycles. The number of rotatable bonds is 2. The highest BCUT2D eigenvalue weighted by Gasteiger charge is 2.17. The van der Waals surface area contributed by atoms with Crippen molar-refractivity contribution in [3.05, 3.63) is 16.5 Å². The Bertz CT molecular complexity index is 341. The summed E-state index contributed by atoms with van der Waals surface area (Å²) in [5.41, 5.74) is 5.69. The summed E-state index contributed by atoms with van der Waals surface area (Å²) in [5.74, 6) is -0.0224. The number of Topliss-reactive ketones (excluding diaryl/α,β-unsaturated/α-hetero) is 1. The molecule has 1 aromatic heterocycles. The van der Waals surface area contributed by atoms with Crippen molar-refractivity contribution in [3.8, 4) is 0 Å². The molecule has 0 bridgehead atoms. The molecular formula is C7H7Br2N3O. The van der Waals surface area contributed by atoms with Crippen LogP contribution < -0.4 is 5.73 Å². The van der Waals surface area contributed by atoms with Crippen molar-refractivity contribution in [1.29, 1.82) is 0 Å². The molecule has 1 unspecified atom stereocenters. The smallest absolute Gasteiger partial charge is 0.198 e. The lowest BCUT2D eigenvalue weighted by atomic mass is 10.2. The lowest BCUT2D eigenvalue weighted by Crippen LogP contribution is -2.15. The second-order valence-electron chi connectivity index (χ2n) is 2.41. The van der Waals surface area contributed by atoms with Gasteiger partial charge in [0.15, 0.2) is 17.3 Å². The third-order valence-corrected chi connectivity index (χ3v) is 2.16. The fourth-order valence-corrected chi connectivity index (χ4v) is 1.24. The molecule has 2 N–H and O–H groups in total. The number of alkyl halides is 1. The third kappa shape index (κ3) is 2.47. The van der Waals surface area contributed by atoms with E-state index in [-0.39, 0.29) is 22.1 Å². The molecule has 1 heterocycles. The van der Waals surface area contributed by atoms with E-state index in [1.54, 1.807) is 6.92 Å². The Kier molecular flexibility index (Phi) is 3.38. The molecule has 0 saturated carbocycles. The number of carbonyl (C=O) groups is 1. The molecule has 0 aromatic carbocycles. The van der Waals surface area contributed by atoms with E-state index in [2.05, 4.69) is 41.8 Å². The third-order valence-electron chi connectivity index (χ3n) is 1.37. The van der Waals surface area contributed by atoms with Gasteiger partial charge in [0.1, 0.15) is 4.60 Å². The van der Waals surface area contributed by atoms with Gasteiger partial charge in [0, 0.05) is 0 Å². The second-order valence-corrected chi connectivity index (χ2v) is 4.59. The van der Waals surface area contributed by atoms with Crippen molar-refractivity contribution in [2.24, 2.45) is 0 Å². The Morgan fingerprint density at radius 3 is 2.85 bits per heavy atom. The van der Waals surface area contributed by atoms with Gasteiger partial charge in [0.2, 0.25) is 0 Å². The fraction of sp³-hybridized carbons (Fsp3) is 0.286. The summed E-state index contributed by atoms with van der Waals surface area (Å²) in [4.78, 5) is 18.9. The molecule has 6 heteroatoms. The summed E-state index contributed by atoms with van der Waals surface area (Å²) in [6, 6.07) is 0. The number of ketones is 1. The molecule has 0 spiro atoms. The number of halogens is 2. The number of anilines is 1. The van der Waals surface area contributed by atoms with Crippen LogP contribution in [0.4, 0.5) is 5.82 Å². The first-order chi connectivity index (χ1) is 6.02. The predicted molar refractivity (Wildman–Crippen MR) is 56.9 cm³/mol. The normalized spacial score (nSPS) is 12.5. The summed E-state index contributed by atoms with van der Waals surface area (Å²) >= 11 is 6.26. The first-order valence-corrected chi connectivity index (χ1v) is 5.19. The molecule has 13 heavy (non-hydrogen) atoms. The van der Waals surface area contributed by atoms with E-state index in [0.717, 1.165) is 0 Å². The van der Waals surface area contributed by atoms with Crippen molar-refractivity contribution >= 4 is 43.5 Å². The summed E-state index contributed by atoms with van der Waals surface area (Å²) in [6.45, 7) is 1.71. The zero-order valence-corrected chi connectivity index (χ0v) is 9.96. The van der Waals surface area contributed by atoms with Gasteiger partial charge >= 0.3 is 0 Å². The van der Waals surface area contributed by atoms with E-state index < -0.39 is 0 Å². The Morgan fingerprint density at radius 2 is 2.31 bits per heavy atom. The van der Waals surface area contributed by atoms with E-state index in [0.29, 0.717) is 4.60 Å². The SMILES string of the molecule is CC(Br)C(=O)c1nc(Br)cnc1N. The largest absolute Gasteiger partial charge is 0.382 e. The highest BCUT2D eigenvalue weighted by Crippen LogP contribution is 2.15. The molecule has 1 rings (SSSR count). The quantitative estimate of drug-likeness (QED) is 0.668. The van der Waals surface area contributed by atoms with Crippen LogP contribution in [0.3, 0.4) is 0 Å². The van der Waals surface area contributed by atoms with Crippen LogP contribution in [0.2, 0.25) is 0 Å². The molecule has 1 atom stereocenters. The number of hydrogen-bond donors (Lipinski definition) is 1. The molecule has 0 radical (unpaired) electrons. The Morgan fingerprint density at radius 1 is 1.69 bits per heavy atom. The fourth-order valence-electron chi connectivity index (χ4n) is 0.747. The van der Waals surface area contributed by atoms with E-state index >= 15 is 0 Å². The molecule has 0 aliphatic carbocycles. The van der Waals surface area contributed by atoms with E-state index in [9.17, 15) is 4.79 Å². The standard InChI is InChI=1S/C7H7Br2N3O/c1-3(8)6(13)5-7(10)11-2-4(9)12-5/h2-3H,1H3,(H2,10,11). The molecule has 4 nitrogen and oxygen atoms in total. The van der Waals surface area contributed by atoms with Gasteiger partial charge in [0.05, 0.1) is 11.0 Å². The van der Waals surface area contributed by atoms with E-state index in [1.165, 1.54) is 6.20 Å². The monoisotopic (exact) mass is 307 g/mol. The molecule has 0 fully saturated rings. The molecule has 1 aromatic rings. The number of nitrogens with zero attached hydrogens (tertiary/aromatic N) is 2. The van der Waals surface area contributed by atoms with Crippen molar-refractivity contribution in [1.82, 2.24) is 9.97 Å². The maximum atomic E-state index is 11.5. The van der Waals surface area contributed by atoms with Gasteiger partial charge in [-0.15, -0.1) is 0 Å². The number of hydrogen-bond acceptors (Lipinski definition) is 4. The van der Waals surface area contributed by atoms with Gasteiger partial charge in [-0.2, -0.15) is 0 Å². The summed E-state index contributed by atoms with van der Waals surface area (Å²) in [7, 11) is 0. The first kappa shape index (κ1) is 10.6. The van der Waals surface area contributed by atoms with Crippen LogP contribution in [0.15, 0.2) is 10.8 Å². The number of carbonyl (C=O) groups excluding carboxylic acids is 1. The maximum absolute atomic E-state index is 11.5. The van der Waals surface area contributed by atoms with Crippen LogP contribution >= 0.6 is 31.9 Å². The van der Waals surface area contributed by atoms with Crippen LogP contribution in [0.25, 0.3) is 0 Å². The van der Waals surface area contributed by atoms with Crippen LogP contribution in [0, 0.1) is 0 Å². The highest BCUT2D eigenvalue weighted by molar-refractivity contribution is 9.10. The molecule has 0 aliphatic rings. The van der Waals surface area contributed by atoms with Crippen molar-refractivity contribution in [2.75, 3.05) is 5.73 Å². The van der Waals surface area contributed by atoms with Crippen molar-refractivity contribution in [2.45, 2.75) is 11.8 Å². The minimum atomic E-state index is -0.307. The van der Waals surface area contributed by atoms with E-state index in [1.807, 2.05) is 0 Å². The Hall–Kier alpha value is -0.490. The number of nitrogens with two attached hydrogens (primary N) is 1. The Balaban J connectivity index is 3.13. The van der Waals surface area contributed by atoms with Gasteiger partial charge in [-0.1, -0.05) is 15.9 Å². The van der Waals surface area contributed by atoms with Crippen molar-refractivity contribution in [3.63, 3.8) is 0 Å². The summed E-state index contributed by atoms with van der Waals surface area (Å²) in [6.07, 6.45) is 1.45. The van der Waals surface area contributed by atoms with Crippen LogP contribution in [-0.4, -0.2) is 20.6 Å².